The molecule has 0 saturated carbocycles. The molecule has 3 aromatic rings. The van der Waals surface area contributed by atoms with Crippen molar-refractivity contribution in [1.82, 2.24) is 0 Å². The van der Waals surface area contributed by atoms with Crippen LogP contribution >= 0.6 is 34.0 Å². The minimum Gasteiger partial charge on any atom is -0.298 e. The first-order chi connectivity index (χ1) is 12.7. The Hall–Kier alpha value is -1.28. The van der Waals surface area contributed by atoms with Crippen molar-refractivity contribution in [2.45, 2.75) is 37.9 Å². The molecule has 7 heteroatoms. The van der Waals surface area contributed by atoms with Gasteiger partial charge in [-0.15, -0.1) is 34.0 Å². The first-order valence-corrected chi connectivity index (χ1v) is 13.0. The minimum atomic E-state index is -3.42. The van der Waals surface area contributed by atoms with Crippen LogP contribution in [0.3, 0.4) is 0 Å². The molecule has 3 rings (SSSR count). The van der Waals surface area contributed by atoms with Gasteiger partial charge in [0.25, 0.3) is 0 Å². The maximum absolute atomic E-state index is 12.0. The molecule has 0 aliphatic rings. The van der Waals surface area contributed by atoms with Gasteiger partial charge in [0.1, 0.15) is 4.75 Å². The van der Waals surface area contributed by atoms with Gasteiger partial charge >= 0.3 is 0 Å². The van der Waals surface area contributed by atoms with Crippen LogP contribution in [0, 0.1) is 0 Å². The number of aryl methyl sites for hydroxylation is 1. The molecule has 27 heavy (non-hydrogen) atoms. The Morgan fingerprint density at radius 3 is 2.22 bits per heavy atom. The maximum atomic E-state index is 12.0. The number of sulfone groups is 1. The van der Waals surface area contributed by atoms with Crippen molar-refractivity contribution in [3.63, 3.8) is 0 Å². The highest BCUT2D eigenvalue weighted by atomic mass is 32.2. The molecular formula is C20H22O3S4. The lowest BCUT2D eigenvalue weighted by molar-refractivity contribution is -0.119. The monoisotopic (exact) mass is 438 g/mol. The standard InChI is InChI=1S/C20H22O3S4/c1-14(21)20(2,27(3,22)23)12-4-6-15-8-9-18(25-15)19-11-10-17(26-19)16-7-5-13-24-16/h5,7-11,13H,4,6,12H2,1-3H3. The lowest BCUT2D eigenvalue weighted by Crippen LogP contribution is -2.41. The third-order valence-corrected chi connectivity index (χ3v) is 10.5. The quantitative estimate of drug-likeness (QED) is 0.439. The van der Waals surface area contributed by atoms with E-state index in [0.29, 0.717) is 12.8 Å². The maximum Gasteiger partial charge on any atom is 0.159 e. The van der Waals surface area contributed by atoms with E-state index in [0.717, 1.165) is 12.7 Å². The van der Waals surface area contributed by atoms with Gasteiger partial charge in [-0.1, -0.05) is 6.07 Å². The zero-order valence-corrected chi connectivity index (χ0v) is 18.8. The van der Waals surface area contributed by atoms with Crippen molar-refractivity contribution in [1.29, 1.82) is 0 Å². The molecule has 0 spiro atoms. The number of carbonyl (C=O) groups is 1. The highest BCUT2D eigenvalue weighted by Crippen LogP contribution is 2.39. The molecule has 3 nitrogen and oxygen atoms in total. The molecular weight excluding hydrogens is 416 g/mol. The van der Waals surface area contributed by atoms with E-state index in [1.165, 1.54) is 31.3 Å². The Bertz CT molecular complexity index is 1030. The van der Waals surface area contributed by atoms with Gasteiger partial charge in [-0.2, -0.15) is 0 Å². The number of rotatable bonds is 8. The zero-order chi connectivity index (χ0) is 19.7. The van der Waals surface area contributed by atoms with Gasteiger partial charge in [-0.3, -0.25) is 4.79 Å². The van der Waals surface area contributed by atoms with E-state index in [2.05, 4.69) is 41.8 Å². The molecule has 1 atom stereocenters. The van der Waals surface area contributed by atoms with Crippen LogP contribution in [-0.2, 0) is 21.1 Å². The largest absolute Gasteiger partial charge is 0.298 e. The fourth-order valence-electron chi connectivity index (χ4n) is 2.89. The fourth-order valence-corrected chi connectivity index (χ4v) is 6.91. The second kappa shape index (κ2) is 7.99. The summed E-state index contributed by atoms with van der Waals surface area (Å²) < 4.78 is 22.7. The average Bonchev–Trinajstić information content (AvgIpc) is 3.33. The van der Waals surface area contributed by atoms with E-state index in [9.17, 15) is 13.2 Å². The Kier molecular flexibility index (Phi) is 6.05. The van der Waals surface area contributed by atoms with Gasteiger partial charge in [0.15, 0.2) is 15.6 Å². The van der Waals surface area contributed by atoms with E-state index in [1.54, 1.807) is 40.9 Å². The Balaban J connectivity index is 1.66. The molecule has 0 fully saturated rings. The second-order valence-electron chi connectivity index (χ2n) is 6.82. The highest BCUT2D eigenvalue weighted by Gasteiger charge is 2.39. The summed E-state index contributed by atoms with van der Waals surface area (Å²) in [6.45, 7) is 2.91. The van der Waals surface area contributed by atoms with Gasteiger partial charge in [-0.25, -0.2) is 8.42 Å². The molecule has 1 unspecified atom stereocenters. The molecule has 3 aromatic heterocycles. The van der Waals surface area contributed by atoms with Crippen molar-refractivity contribution in [2.75, 3.05) is 6.26 Å². The summed E-state index contributed by atoms with van der Waals surface area (Å²) in [7, 11) is -3.42. The number of hydrogen-bond acceptors (Lipinski definition) is 6. The van der Waals surface area contributed by atoms with E-state index in [1.807, 2.05) is 0 Å². The SMILES string of the molecule is CC(=O)C(C)(CCCc1ccc(-c2ccc(-c3cccs3)s2)s1)S(C)(=O)=O. The fraction of sp³-hybridized carbons (Fsp3) is 0.350. The molecule has 0 N–H and O–H groups in total. The van der Waals surface area contributed by atoms with Crippen molar-refractivity contribution in [3.05, 3.63) is 46.7 Å². The summed E-state index contributed by atoms with van der Waals surface area (Å²) in [5.41, 5.74) is 0. The van der Waals surface area contributed by atoms with Crippen LogP contribution in [0.5, 0.6) is 0 Å². The van der Waals surface area contributed by atoms with Gasteiger partial charge < -0.3 is 0 Å². The summed E-state index contributed by atoms with van der Waals surface area (Å²) in [5, 5.41) is 2.09. The second-order valence-corrected chi connectivity index (χ2v) is 12.5. The third-order valence-electron chi connectivity index (χ3n) is 4.91. The summed E-state index contributed by atoms with van der Waals surface area (Å²) in [5.74, 6) is -0.281. The smallest absolute Gasteiger partial charge is 0.159 e. The van der Waals surface area contributed by atoms with Crippen LogP contribution in [0.4, 0.5) is 0 Å². The normalized spacial score (nSPS) is 14.2. The van der Waals surface area contributed by atoms with Crippen molar-refractivity contribution in [3.8, 4) is 19.5 Å². The van der Waals surface area contributed by atoms with Crippen LogP contribution < -0.4 is 0 Å². The Morgan fingerprint density at radius 1 is 1.00 bits per heavy atom. The molecule has 0 aliphatic carbocycles. The molecule has 0 bridgehead atoms. The summed E-state index contributed by atoms with van der Waals surface area (Å²) >= 11 is 5.28. The molecule has 144 valence electrons. The van der Waals surface area contributed by atoms with Crippen LogP contribution in [-0.4, -0.2) is 25.2 Å². The van der Waals surface area contributed by atoms with Crippen molar-refractivity contribution < 1.29 is 13.2 Å². The Labute approximate surface area is 172 Å². The first kappa shape index (κ1) is 20.5. The number of hydrogen-bond donors (Lipinski definition) is 0. The molecule has 3 heterocycles. The van der Waals surface area contributed by atoms with Gasteiger partial charge in [0, 0.05) is 30.6 Å². The first-order valence-electron chi connectivity index (χ1n) is 8.64. The number of carbonyl (C=O) groups excluding carboxylic acids is 1. The van der Waals surface area contributed by atoms with Gasteiger partial charge in [0.2, 0.25) is 0 Å². The molecule has 0 radical (unpaired) electrons. The van der Waals surface area contributed by atoms with Crippen LogP contribution in [0.1, 0.15) is 31.6 Å². The van der Waals surface area contributed by atoms with Crippen LogP contribution in [0.25, 0.3) is 19.5 Å². The Morgan fingerprint density at radius 2 is 1.63 bits per heavy atom. The average molecular weight is 439 g/mol. The number of ketones is 1. The highest BCUT2D eigenvalue weighted by molar-refractivity contribution is 7.92. The molecule has 0 aliphatic heterocycles. The summed E-state index contributed by atoms with van der Waals surface area (Å²) in [6, 6.07) is 12.8. The lowest BCUT2D eigenvalue weighted by Gasteiger charge is -2.24. The molecule has 0 amide bonds. The predicted molar refractivity (Wildman–Crippen MR) is 118 cm³/mol. The van der Waals surface area contributed by atoms with Crippen LogP contribution in [0.2, 0.25) is 0 Å². The minimum absolute atomic E-state index is 0.281. The predicted octanol–water partition coefficient (Wildman–Crippen LogP) is 5.92. The number of Topliss-reactive ketones (excluding diaryl/α,β-unsaturated/α-hetero) is 1. The van der Waals surface area contributed by atoms with Gasteiger partial charge in [-0.05, 0) is 68.8 Å². The van der Waals surface area contributed by atoms with E-state index >= 15 is 0 Å². The van der Waals surface area contributed by atoms with E-state index < -0.39 is 14.6 Å². The number of thiophene rings is 3. The summed E-state index contributed by atoms with van der Waals surface area (Å²) in [4.78, 5) is 18.1. The van der Waals surface area contributed by atoms with Crippen molar-refractivity contribution >= 4 is 49.6 Å². The van der Waals surface area contributed by atoms with Gasteiger partial charge in [0.05, 0.1) is 0 Å². The lowest BCUT2D eigenvalue weighted by atomic mass is 9.99. The van der Waals surface area contributed by atoms with E-state index in [4.69, 9.17) is 0 Å². The zero-order valence-electron chi connectivity index (χ0n) is 15.5. The molecule has 0 saturated heterocycles. The van der Waals surface area contributed by atoms with E-state index in [-0.39, 0.29) is 5.78 Å². The molecule has 0 aromatic carbocycles. The van der Waals surface area contributed by atoms with Crippen molar-refractivity contribution in [2.24, 2.45) is 0 Å². The summed E-state index contributed by atoms with van der Waals surface area (Å²) in [6.07, 6.45) is 2.97. The van der Waals surface area contributed by atoms with Crippen LogP contribution in [0.15, 0.2) is 41.8 Å². The third kappa shape index (κ3) is 4.42. The topological polar surface area (TPSA) is 51.2 Å².